The van der Waals surface area contributed by atoms with E-state index in [9.17, 15) is 4.79 Å². The van der Waals surface area contributed by atoms with Crippen LogP contribution in [0, 0.1) is 17.2 Å². The van der Waals surface area contributed by atoms with E-state index in [1.165, 1.54) is 0 Å². The van der Waals surface area contributed by atoms with Crippen LogP contribution < -0.4 is 0 Å². The van der Waals surface area contributed by atoms with Gasteiger partial charge in [0.1, 0.15) is 0 Å². The molecule has 0 amide bonds. The predicted octanol–water partition coefficient (Wildman–Crippen LogP) is 2.01. The summed E-state index contributed by atoms with van der Waals surface area (Å²) in [6.07, 6.45) is 0.931. The van der Waals surface area contributed by atoms with Crippen molar-refractivity contribution >= 4 is 6.16 Å². The van der Waals surface area contributed by atoms with Crippen molar-refractivity contribution < 1.29 is 14.6 Å². The molecule has 0 spiro atoms. The van der Waals surface area contributed by atoms with Crippen molar-refractivity contribution in [2.75, 3.05) is 6.61 Å². The Balaban J connectivity index is 3.28. The molecule has 12 heavy (non-hydrogen) atoms. The van der Waals surface area contributed by atoms with Gasteiger partial charge in [-0.2, -0.15) is 5.26 Å². The van der Waals surface area contributed by atoms with Gasteiger partial charge in [0.15, 0.2) is 0 Å². The standard InChI is InChI=1S/C8H13NO3/c1-7(4-2-3-5-9)6-12-8(10)11/h7H,2-4,6H2,1H3,(H,10,11). The third-order valence-corrected chi connectivity index (χ3v) is 1.48. The van der Waals surface area contributed by atoms with E-state index in [4.69, 9.17) is 10.4 Å². The molecule has 4 heteroatoms. The normalized spacial score (nSPS) is 11.7. The molecule has 0 heterocycles. The zero-order valence-corrected chi connectivity index (χ0v) is 7.12. The van der Waals surface area contributed by atoms with Crippen LogP contribution in [-0.2, 0) is 4.74 Å². The third kappa shape index (κ3) is 6.87. The Hall–Kier alpha value is -1.24. The summed E-state index contributed by atoms with van der Waals surface area (Å²) in [4.78, 5) is 9.96. The van der Waals surface area contributed by atoms with Crippen LogP contribution in [0.1, 0.15) is 26.2 Å². The number of hydrogen-bond acceptors (Lipinski definition) is 3. The molecule has 0 bridgehead atoms. The molecule has 0 aliphatic carbocycles. The fourth-order valence-corrected chi connectivity index (χ4v) is 0.826. The van der Waals surface area contributed by atoms with Crippen LogP contribution in [0.4, 0.5) is 4.79 Å². The molecular weight excluding hydrogens is 158 g/mol. The maximum Gasteiger partial charge on any atom is 0.505 e. The molecule has 0 saturated carbocycles. The minimum absolute atomic E-state index is 0.203. The van der Waals surface area contributed by atoms with Crippen LogP contribution >= 0.6 is 0 Å². The van der Waals surface area contributed by atoms with Gasteiger partial charge in [0.25, 0.3) is 0 Å². The number of carbonyl (C=O) groups is 1. The van der Waals surface area contributed by atoms with E-state index >= 15 is 0 Å². The monoisotopic (exact) mass is 171 g/mol. The topological polar surface area (TPSA) is 70.3 Å². The maximum absolute atomic E-state index is 9.96. The Morgan fingerprint density at radius 1 is 1.75 bits per heavy atom. The van der Waals surface area contributed by atoms with Crippen LogP contribution in [0.5, 0.6) is 0 Å². The van der Waals surface area contributed by atoms with Crippen LogP contribution in [0.15, 0.2) is 0 Å². The summed E-state index contributed by atoms with van der Waals surface area (Å²) in [7, 11) is 0. The van der Waals surface area contributed by atoms with Crippen LogP contribution in [0.3, 0.4) is 0 Å². The van der Waals surface area contributed by atoms with E-state index in [0.717, 1.165) is 12.8 Å². The van der Waals surface area contributed by atoms with E-state index in [2.05, 4.69) is 4.74 Å². The molecule has 0 aromatic heterocycles. The fraction of sp³-hybridized carbons (Fsp3) is 0.750. The Bertz CT molecular complexity index is 174. The van der Waals surface area contributed by atoms with E-state index in [1.807, 2.05) is 13.0 Å². The molecule has 0 aliphatic rings. The Labute approximate surface area is 71.8 Å². The molecule has 0 fully saturated rings. The number of carboxylic acid groups (broad SMARTS) is 1. The smallest absolute Gasteiger partial charge is 0.450 e. The summed E-state index contributed by atoms with van der Waals surface area (Å²) < 4.78 is 4.37. The van der Waals surface area contributed by atoms with Gasteiger partial charge < -0.3 is 9.84 Å². The average molecular weight is 171 g/mol. The molecule has 0 rings (SSSR count). The highest BCUT2D eigenvalue weighted by Gasteiger charge is 2.04. The van der Waals surface area contributed by atoms with Gasteiger partial charge in [-0.3, -0.25) is 0 Å². The van der Waals surface area contributed by atoms with Gasteiger partial charge in [-0.05, 0) is 18.8 Å². The average Bonchev–Trinajstić information content (AvgIpc) is 2.01. The number of unbranched alkanes of at least 4 members (excludes halogenated alkanes) is 1. The molecule has 0 aliphatic heterocycles. The number of hydrogen-bond donors (Lipinski definition) is 1. The molecule has 1 atom stereocenters. The predicted molar refractivity (Wildman–Crippen MR) is 42.6 cm³/mol. The van der Waals surface area contributed by atoms with E-state index < -0.39 is 6.16 Å². The Kier molecular flexibility index (Phi) is 5.80. The van der Waals surface area contributed by atoms with Gasteiger partial charge in [-0.1, -0.05) is 6.92 Å². The molecule has 1 N–H and O–H groups in total. The van der Waals surface area contributed by atoms with Gasteiger partial charge in [0.05, 0.1) is 12.7 Å². The number of ether oxygens (including phenoxy) is 1. The quantitative estimate of drug-likeness (QED) is 0.507. The lowest BCUT2D eigenvalue weighted by atomic mass is 10.1. The molecular formula is C8H13NO3. The van der Waals surface area contributed by atoms with E-state index in [1.54, 1.807) is 0 Å². The first-order valence-electron chi connectivity index (χ1n) is 3.89. The first-order chi connectivity index (χ1) is 5.66. The summed E-state index contributed by atoms with van der Waals surface area (Å²) in [6, 6.07) is 2.03. The third-order valence-electron chi connectivity index (χ3n) is 1.48. The second-order valence-corrected chi connectivity index (χ2v) is 2.73. The summed E-state index contributed by atoms with van der Waals surface area (Å²) in [6.45, 7) is 2.13. The number of nitriles is 1. The summed E-state index contributed by atoms with van der Waals surface area (Å²) in [5.41, 5.74) is 0. The SMILES string of the molecule is CC(CCCC#N)COC(=O)O. The van der Waals surface area contributed by atoms with Crippen LogP contribution in [-0.4, -0.2) is 17.9 Å². The lowest BCUT2D eigenvalue weighted by Gasteiger charge is -2.08. The first kappa shape index (κ1) is 10.8. The van der Waals surface area contributed by atoms with Crippen molar-refractivity contribution in [3.63, 3.8) is 0 Å². The fourth-order valence-electron chi connectivity index (χ4n) is 0.826. The van der Waals surface area contributed by atoms with Gasteiger partial charge in [0, 0.05) is 6.42 Å². The zero-order chi connectivity index (χ0) is 9.40. The van der Waals surface area contributed by atoms with Crippen molar-refractivity contribution in [3.05, 3.63) is 0 Å². The molecule has 1 unspecified atom stereocenters. The van der Waals surface area contributed by atoms with Gasteiger partial charge in [-0.15, -0.1) is 0 Å². The lowest BCUT2D eigenvalue weighted by Crippen LogP contribution is -2.09. The van der Waals surface area contributed by atoms with Crippen molar-refractivity contribution in [1.82, 2.24) is 0 Å². The summed E-state index contributed by atoms with van der Waals surface area (Å²) in [5, 5.41) is 16.4. The van der Waals surface area contributed by atoms with E-state index in [0.29, 0.717) is 6.42 Å². The first-order valence-corrected chi connectivity index (χ1v) is 3.89. The Morgan fingerprint density at radius 3 is 2.92 bits per heavy atom. The van der Waals surface area contributed by atoms with Gasteiger partial charge in [-0.25, -0.2) is 4.79 Å². The van der Waals surface area contributed by atoms with Gasteiger partial charge >= 0.3 is 6.16 Å². The maximum atomic E-state index is 9.96. The highest BCUT2D eigenvalue weighted by Crippen LogP contribution is 2.07. The molecule has 0 radical (unpaired) electrons. The minimum Gasteiger partial charge on any atom is -0.450 e. The largest absolute Gasteiger partial charge is 0.505 e. The molecule has 68 valence electrons. The second kappa shape index (κ2) is 6.47. The minimum atomic E-state index is -1.23. The lowest BCUT2D eigenvalue weighted by molar-refractivity contribution is 0.0778. The highest BCUT2D eigenvalue weighted by molar-refractivity contribution is 5.56. The molecule has 0 aromatic carbocycles. The van der Waals surface area contributed by atoms with Crippen molar-refractivity contribution in [2.24, 2.45) is 5.92 Å². The van der Waals surface area contributed by atoms with Crippen molar-refractivity contribution in [1.29, 1.82) is 5.26 Å². The Morgan fingerprint density at radius 2 is 2.42 bits per heavy atom. The second-order valence-electron chi connectivity index (χ2n) is 2.73. The van der Waals surface area contributed by atoms with Gasteiger partial charge in [0.2, 0.25) is 0 Å². The van der Waals surface area contributed by atoms with Crippen LogP contribution in [0.2, 0.25) is 0 Å². The molecule has 0 saturated heterocycles. The molecule has 0 aromatic rings. The van der Waals surface area contributed by atoms with Crippen molar-refractivity contribution in [3.8, 4) is 6.07 Å². The van der Waals surface area contributed by atoms with E-state index in [-0.39, 0.29) is 12.5 Å². The number of nitrogens with zero attached hydrogens (tertiary/aromatic N) is 1. The van der Waals surface area contributed by atoms with Crippen molar-refractivity contribution in [2.45, 2.75) is 26.2 Å². The zero-order valence-electron chi connectivity index (χ0n) is 7.12. The van der Waals surface area contributed by atoms with Crippen LogP contribution in [0.25, 0.3) is 0 Å². The summed E-state index contributed by atoms with van der Waals surface area (Å²) in [5.74, 6) is 0.203. The molecule has 4 nitrogen and oxygen atoms in total. The summed E-state index contributed by atoms with van der Waals surface area (Å²) >= 11 is 0. The number of rotatable bonds is 5. The highest BCUT2D eigenvalue weighted by atomic mass is 16.7.